The van der Waals surface area contributed by atoms with Gasteiger partial charge in [-0.1, -0.05) is 17.7 Å². The van der Waals surface area contributed by atoms with Crippen LogP contribution in [0.4, 0.5) is 5.69 Å². The second kappa shape index (κ2) is 5.45. The van der Waals surface area contributed by atoms with Crippen LogP contribution in [-0.4, -0.2) is 16.8 Å². The molecule has 2 aromatic rings. The fourth-order valence-corrected chi connectivity index (χ4v) is 2.66. The largest absolute Gasteiger partial charge is 0.464 e. The van der Waals surface area contributed by atoms with E-state index in [1.165, 1.54) is 0 Å². The highest BCUT2D eigenvalue weighted by atomic mass is 35.5. The summed E-state index contributed by atoms with van der Waals surface area (Å²) >= 11 is 6.15. The minimum absolute atomic E-state index is 0.130. The Morgan fingerprint density at radius 1 is 1.38 bits per heavy atom. The van der Waals surface area contributed by atoms with Crippen molar-refractivity contribution >= 4 is 23.2 Å². The second-order valence-electron chi connectivity index (χ2n) is 5.38. The minimum Gasteiger partial charge on any atom is -0.464 e. The zero-order valence-corrected chi connectivity index (χ0v) is 12.6. The summed E-state index contributed by atoms with van der Waals surface area (Å²) in [6.07, 6.45) is 2.02. The highest BCUT2D eigenvalue weighted by Crippen LogP contribution is 2.33. The number of aryl methyl sites for hydroxylation is 1. The maximum Gasteiger partial charge on any atom is 0.258 e. The first-order chi connectivity index (χ1) is 10.1. The zero-order valence-electron chi connectivity index (χ0n) is 11.8. The summed E-state index contributed by atoms with van der Waals surface area (Å²) < 4.78 is 5.58. The van der Waals surface area contributed by atoms with Gasteiger partial charge in [0, 0.05) is 11.7 Å². The molecule has 1 amide bonds. The molecule has 0 saturated heterocycles. The predicted octanol–water partition coefficient (Wildman–Crippen LogP) is 3.63. The van der Waals surface area contributed by atoms with E-state index >= 15 is 0 Å². The number of hydrogen-bond acceptors (Lipinski definition) is 3. The predicted molar refractivity (Wildman–Crippen MR) is 82.2 cm³/mol. The molecule has 3 rings (SSSR count). The SMILES string of the molecule is Cc1ccc(CN(C(=O)c2c(N)cccc2Cl)C2CC2)o1. The van der Waals surface area contributed by atoms with Gasteiger partial charge in [0.15, 0.2) is 0 Å². The summed E-state index contributed by atoms with van der Waals surface area (Å²) in [7, 11) is 0. The van der Waals surface area contributed by atoms with Crippen molar-refractivity contribution in [2.75, 3.05) is 5.73 Å². The van der Waals surface area contributed by atoms with Crippen molar-refractivity contribution in [3.8, 4) is 0 Å². The van der Waals surface area contributed by atoms with Crippen molar-refractivity contribution in [3.05, 3.63) is 52.4 Å². The van der Waals surface area contributed by atoms with E-state index in [0.717, 1.165) is 24.4 Å². The van der Waals surface area contributed by atoms with Crippen molar-refractivity contribution < 1.29 is 9.21 Å². The normalized spacial score (nSPS) is 14.2. The lowest BCUT2D eigenvalue weighted by atomic mass is 10.1. The van der Waals surface area contributed by atoms with Crippen LogP contribution in [0.2, 0.25) is 5.02 Å². The zero-order chi connectivity index (χ0) is 15.0. The van der Waals surface area contributed by atoms with Crippen molar-refractivity contribution in [2.24, 2.45) is 0 Å². The number of carbonyl (C=O) groups is 1. The van der Waals surface area contributed by atoms with Crippen LogP contribution in [-0.2, 0) is 6.54 Å². The second-order valence-corrected chi connectivity index (χ2v) is 5.79. The minimum atomic E-state index is -0.130. The summed E-state index contributed by atoms with van der Waals surface area (Å²) in [5.41, 5.74) is 6.72. The number of carbonyl (C=O) groups excluding carboxylic acids is 1. The van der Waals surface area contributed by atoms with Gasteiger partial charge in [-0.25, -0.2) is 0 Å². The standard InChI is InChI=1S/C16H17ClN2O2/c1-10-5-8-12(21-10)9-19(11-6-7-11)16(20)15-13(17)3-2-4-14(15)18/h2-5,8,11H,6-7,9,18H2,1H3. The van der Waals surface area contributed by atoms with E-state index in [9.17, 15) is 4.79 Å². The van der Waals surface area contributed by atoms with Gasteiger partial charge in [-0.05, 0) is 44.0 Å². The molecule has 0 aliphatic heterocycles. The van der Waals surface area contributed by atoms with Gasteiger partial charge >= 0.3 is 0 Å². The smallest absolute Gasteiger partial charge is 0.258 e. The molecule has 1 fully saturated rings. The van der Waals surface area contributed by atoms with Crippen molar-refractivity contribution in [1.29, 1.82) is 0 Å². The summed E-state index contributed by atoms with van der Waals surface area (Å²) in [6.45, 7) is 2.33. The molecule has 1 aliphatic rings. The first-order valence-electron chi connectivity index (χ1n) is 6.96. The first-order valence-corrected chi connectivity index (χ1v) is 7.34. The van der Waals surface area contributed by atoms with Gasteiger partial charge < -0.3 is 15.1 Å². The van der Waals surface area contributed by atoms with Crippen LogP contribution in [0.3, 0.4) is 0 Å². The molecule has 21 heavy (non-hydrogen) atoms. The Morgan fingerprint density at radius 2 is 2.14 bits per heavy atom. The molecule has 2 N–H and O–H groups in total. The fourth-order valence-electron chi connectivity index (χ4n) is 2.40. The Morgan fingerprint density at radius 3 is 2.71 bits per heavy atom. The Labute approximate surface area is 128 Å². The highest BCUT2D eigenvalue weighted by molar-refractivity contribution is 6.34. The number of nitrogens with two attached hydrogens (primary N) is 1. The third-order valence-corrected chi connectivity index (χ3v) is 3.95. The summed E-state index contributed by atoms with van der Waals surface area (Å²) in [4.78, 5) is 14.6. The maximum absolute atomic E-state index is 12.8. The van der Waals surface area contributed by atoms with Crippen LogP contribution in [0.5, 0.6) is 0 Å². The molecule has 1 heterocycles. The average molecular weight is 305 g/mol. The summed E-state index contributed by atoms with van der Waals surface area (Å²) in [5.74, 6) is 1.48. The van der Waals surface area contributed by atoms with Crippen LogP contribution in [0.15, 0.2) is 34.7 Å². The molecule has 0 unspecified atom stereocenters. The number of halogens is 1. The third-order valence-electron chi connectivity index (χ3n) is 3.63. The maximum atomic E-state index is 12.8. The third kappa shape index (κ3) is 2.90. The van der Waals surface area contributed by atoms with Crippen LogP contribution >= 0.6 is 11.6 Å². The highest BCUT2D eigenvalue weighted by Gasteiger charge is 2.35. The summed E-state index contributed by atoms with van der Waals surface area (Å²) in [6, 6.07) is 9.17. The van der Waals surface area contributed by atoms with Crippen molar-refractivity contribution in [3.63, 3.8) is 0 Å². The van der Waals surface area contributed by atoms with Gasteiger partial charge in [0.05, 0.1) is 17.1 Å². The lowest BCUT2D eigenvalue weighted by Crippen LogP contribution is -2.33. The van der Waals surface area contributed by atoms with Gasteiger partial charge in [-0.3, -0.25) is 4.79 Å². The number of nitrogens with zero attached hydrogens (tertiary/aromatic N) is 1. The molecule has 1 saturated carbocycles. The monoisotopic (exact) mass is 304 g/mol. The van der Waals surface area contributed by atoms with Gasteiger partial charge in [-0.15, -0.1) is 0 Å². The quantitative estimate of drug-likeness (QED) is 0.877. The molecule has 0 bridgehead atoms. The topological polar surface area (TPSA) is 59.5 Å². The van der Waals surface area contributed by atoms with Crippen LogP contribution < -0.4 is 5.73 Å². The van der Waals surface area contributed by atoms with Gasteiger partial charge in [0.1, 0.15) is 11.5 Å². The Bertz CT molecular complexity index is 656. The van der Waals surface area contributed by atoms with E-state index in [-0.39, 0.29) is 11.9 Å². The average Bonchev–Trinajstić information content (AvgIpc) is 3.19. The van der Waals surface area contributed by atoms with Crippen LogP contribution in [0, 0.1) is 6.92 Å². The van der Waals surface area contributed by atoms with Crippen LogP contribution in [0.25, 0.3) is 0 Å². The van der Waals surface area contributed by atoms with Crippen molar-refractivity contribution in [1.82, 2.24) is 4.90 Å². The van der Waals surface area contributed by atoms with Gasteiger partial charge in [-0.2, -0.15) is 0 Å². The molecule has 1 aromatic carbocycles. The molecule has 5 heteroatoms. The Kier molecular flexibility index (Phi) is 3.64. The molecule has 1 aliphatic carbocycles. The molecule has 0 spiro atoms. The lowest BCUT2D eigenvalue weighted by Gasteiger charge is -2.22. The van der Waals surface area contributed by atoms with Gasteiger partial charge in [0.2, 0.25) is 0 Å². The molecular formula is C16H17ClN2O2. The van der Waals surface area contributed by atoms with E-state index in [1.807, 2.05) is 19.1 Å². The number of rotatable bonds is 4. The van der Waals surface area contributed by atoms with E-state index in [1.54, 1.807) is 23.1 Å². The lowest BCUT2D eigenvalue weighted by molar-refractivity contribution is 0.0718. The van der Waals surface area contributed by atoms with E-state index in [4.69, 9.17) is 21.8 Å². The van der Waals surface area contributed by atoms with Gasteiger partial charge in [0.25, 0.3) is 5.91 Å². The van der Waals surface area contributed by atoms with E-state index in [2.05, 4.69) is 0 Å². The number of benzene rings is 1. The molecule has 4 nitrogen and oxygen atoms in total. The molecule has 0 radical (unpaired) electrons. The molecule has 0 atom stereocenters. The molecular weight excluding hydrogens is 288 g/mol. The van der Waals surface area contributed by atoms with Crippen molar-refractivity contribution in [2.45, 2.75) is 32.4 Å². The molecule has 1 aromatic heterocycles. The number of anilines is 1. The molecule has 110 valence electrons. The number of hydrogen-bond donors (Lipinski definition) is 1. The Balaban J connectivity index is 1.89. The Hall–Kier alpha value is -1.94. The fraction of sp³-hybridized carbons (Fsp3) is 0.312. The van der Waals surface area contributed by atoms with E-state index < -0.39 is 0 Å². The van der Waals surface area contributed by atoms with Crippen LogP contribution in [0.1, 0.15) is 34.7 Å². The van der Waals surface area contributed by atoms with E-state index in [0.29, 0.717) is 22.8 Å². The summed E-state index contributed by atoms with van der Waals surface area (Å²) in [5, 5.41) is 0.390. The number of nitrogen functional groups attached to an aromatic ring is 1. The first kappa shape index (κ1) is 14.0. The number of furan rings is 1. The number of amides is 1.